The number of ether oxygens (including phenoxy) is 1. The molecule has 0 spiro atoms. The summed E-state index contributed by atoms with van der Waals surface area (Å²) >= 11 is 0. The SMILES string of the molecule is COCC(=O)N[C@@H](CC(C)C)c1nnc2n1CCN(Cc1ccc3c(c1)Cc1ccccc1-3)CC2. The molecule has 0 radical (unpaired) electrons. The number of hydrogen-bond donors (Lipinski definition) is 1. The number of fused-ring (bicyclic) bond motifs is 4. The summed E-state index contributed by atoms with van der Waals surface area (Å²) < 4.78 is 7.24. The van der Waals surface area contributed by atoms with Crippen molar-refractivity contribution < 1.29 is 9.53 Å². The van der Waals surface area contributed by atoms with Crippen molar-refractivity contribution in [1.29, 1.82) is 0 Å². The van der Waals surface area contributed by atoms with E-state index in [0.29, 0.717) is 5.92 Å². The van der Waals surface area contributed by atoms with E-state index >= 15 is 0 Å². The van der Waals surface area contributed by atoms with Crippen molar-refractivity contribution >= 4 is 5.91 Å². The van der Waals surface area contributed by atoms with Gasteiger partial charge in [0, 0.05) is 39.7 Å². The van der Waals surface area contributed by atoms with Crippen LogP contribution in [0.5, 0.6) is 0 Å². The van der Waals surface area contributed by atoms with Crippen molar-refractivity contribution in [2.24, 2.45) is 5.92 Å². The quantitative estimate of drug-likeness (QED) is 0.422. The summed E-state index contributed by atoms with van der Waals surface area (Å²) in [7, 11) is 1.54. The fourth-order valence-electron chi connectivity index (χ4n) is 5.43. The second kappa shape index (κ2) is 10.3. The Morgan fingerprint density at radius 2 is 1.89 bits per heavy atom. The second-order valence-electron chi connectivity index (χ2n) is 10.2. The molecule has 1 atom stereocenters. The van der Waals surface area contributed by atoms with Crippen LogP contribution in [0.2, 0.25) is 0 Å². The van der Waals surface area contributed by atoms with Crippen LogP contribution in [0.3, 0.4) is 0 Å². The first-order valence-electron chi connectivity index (χ1n) is 12.6. The van der Waals surface area contributed by atoms with Gasteiger partial charge in [0.25, 0.3) is 0 Å². The average Bonchev–Trinajstić information content (AvgIpc) is 3.34. The highest BCUT2D eigenvalue weighted by Crippen LogP contribution is 2.37. The first-order valence-corrected chi connectivity index (χ1v) is 12.6. The number of aromatic nitrogens is 3. The van der Waals surface area contributed by atoms with Gasteiger partial charge in [-0.25, -0.2) is 0 Å². The third-order valence-electron chi connectivity index (χ3n) is 7.04. The molecule has 7 nitrogen and oxygen atoms in total. The van der Waals surface area contributed by atoms with E-state index in [2.05, 4.69) is 81.3 Å². The maximum Gasteiger partial charge on any atom is 0.246 e. The maximum atomic E-state index is 12.3. The molecule has 0 bridgehead atoms. The molecule has 3 aromatic rings. The van der Waals surface area contributed by atoms with Gasteiger partial charge < -0.3 is 14.6 Å². The molecule has 1 aromatic heterocycles. The molecule has 184 valence electrons. The first-order chi connectivity index (χ1) is 17.0. The van der Waals surface area contributed by atoms with Crippen molar-refractivity contribution in [1.82, 2.24) is 25.0 Å². The number of nitrogens with zero attached hydrogens (tertiary/aromatic N) is 4. The zero-order valence-electron chi connectivity index (χ0n) is 21.0. The highest BCUT2D eigenvalue weighted by Gasteiger charge is 2.26. The van der Waals surface area contributed by atoms with E-state index in [-0.39, 0.29) is 18.6 Å². The molecule has 1 aliphatic heterocycles. The Labute approximate surface area is 207 Å². The normalized spacial score (nSPS) is 15.9. The number of nitrogens with one attached hydrogen (secondary N) is 1. The summed E-state index contributed by atoms with van der Waals surface area (Å²) in [5.41, 5.74) is 6.97. The van der Waals surface area contributed by atoms with Crippen molar-refractivity contribution in [2.75, 3.05) is 26.8 Å². The van der Waals surface area contributed by atoms with Crippen LogP contribution in [0.25, 0.3) is 11.1 Å². The molecule has 5 rings (SSSR count). The van der Waals surface area contributed by atoms with E-state index in [1.807, 2.05) is 0 Å². The van der Waals surface area contributed by atoms with Crippen molar-refractivity contribution in [2.45, 2.75) is 52.2 Å². The second-order valence-corrected chi connectivity index (χ2v) is 10.2. The Balaban J connectivity index is 1.27. The molecule has 1 aliphatic carbocycles. The van der Waals surface area contributed by atoms with Crippen LogP contribution < -0.4 is 5.32 Å². The van der Waals surface area contributed by atoms with E-state index in [9.17, 15) is 4.79 Å². The zero-order valence-corrected chi connectivity index (χ0v) is 21.0. The molecule has 2 aliphatic rings. The third kappa shape index (κ3) is 5.16. The van der Waals surface area contributed by atoms with Crippen LogP contribution in [0.1, 0.15) is 54.6 Å². The minimum absolute atomic E-state index is 0.0508. The van der Waals surface area contributed by atoms with Crippen LogP contribution in [0.4, 0.5) is 0 Å². The largest absolute Gasteiger partial charge is 0.375 e. The summed E-state index contributed by atoms with van der Waals surface area (Å²) in [5.74, 6) is 2.16. The van der Waals surface area contributed by atoms with Gasteiger partial charge in [-0.15, -0.1) is 10.2 Å². The van der Waals surface area contributed by atoms with Gasteiger partial charge in [0.05, 0.1) is 6.04 Å². The Morgan fingerprint density at radius 3 is 2.71 bits per heavy atom. The summed E-state index contributed by atoms with van der Waals surface area (Å²) in [6.45, 7) is 7.99. The lowest BCUT2D eigenvalue weighted by Gasteiger charge is -2.22. The number of carbonyl (C=O) groups excluding carboxylic acids is 1. The van der Waals surface area contributed by atoms with E-state index in [1.165, 1.54) is 34.9 Å². The van der Waals surface area contributed by atoms with Gasteiger partial charge in [-0.2, -0.15) is 0 Å². The number of methoxy groups -OCH3 is 1. The van der Waals surface area contributed by atoms with E-state index in [1.54, 1.807) is 0 Å². The first kappa shape index (κ1) is 23.7. The lowest BCUT2D eigenvalue weighted by atomic mass is 10.0. The number of hydrogen-bond acceptors (Lipinski definition) is 5. The Hall–Kier alpha value is -3.03. The van der Waals surface area contributed by atoms with Crippen LogP contribution in [-0.2, 0) is 35.5 Å². The molecule has 35 heavy (non-hydrogen) atoms. The molecule has 0 saturated carbocycles. The van der Waals surface area contributed by atoms with Crippen molar-refractivity contribution in [3.05, 3.63) is 70.8 Å². The van der Waals surface area contributed by atoms with Crippen molar-refractivity contribution in [3.8, 4) is 11.1 Å². The number of amides is 1. The molecule has 1 N–H and O–H groups in total. The average molecular weight is 474 g/mol. The summed E-state index contributed by atoms with van der Waals surface area (Å²) in [6.07, 6.45) is 2.69. The lowest BCUT2D eigenvalue weighted by molar-refractivity contribution is -0.125. The Morgan fingerprint density at radius 1 is 1.06 bits per heavy atom. The summed E-state index contributed by atoms with van der Waals surface area (Å²) in [4.78, 5) is 14.8. The predicted octanol–water partition coefficient (Wildman–Crippen LogP) is 3.76. The predicted molar refractivity (Wildman–Crippen MR) is 136 cm³/mol. The summed E-state index contributed by atoms with van der Waals surface area (Å²) in [6, 6.07) is 15.5. The van der Waals surface area contributed by atoms with E-state index in [4.69, 9.17) is 4.74 Å². The fourth-order valence-corrected chi connectivity index (χ4v) is 5.43. The molecule has 0 unspecified atom stereocenters. The molecule has 1 amide bonds. The fraction of sp³-hybridized carbons (Fsp3) is 0.464. The van der Waals surface area contributed by atoms with Crippen LogP contribution in [0, 0.1) is 5.92 Å². The van der Waals surface area contributed by atoms with Crippen LogP contribution in [-0.4, -0.2) is 52.4 Å². The lowest BCUT2D eigenvalue weighted by Crippen LogP contribution is -2.34. The van der Waals surface area contributed by atoms with Crippen LogP contribution in [0.15, 0.2) is 42.5 Å². The molecule has 0 saturated heterocycles. The van der Waals surface area contributed by atoms with Crippen molar-refractivity contribution in [3.63, 3.8) is 0 Å². The Kier molecular flexibility index (Phi) is 6.97. The third-order valence-corrected chi connectivity index (χ3v) is 7.04. The molecule has 2 heterocycles. The number of rotatable bonds is 8. The summed E-state index contributed by atoms with van der Waals surface area (Å²) in [5, 5.41) is 12.1. The zero-order chi connectivity index (χ0) is 24.4. The molecule has 0 fully saturated rings. The van der Waals surface area contributed by atoms with Crippen LogP contribution >= 0.6 is 0 Å². The van der Waals surface area contributed by atoms with E-state index < -0.39 is 0 Å². The van der Waals surface area contributed by atoms with Gasteiger partial charge in [-0.05, 0) is 46.6 Å². The maximum absolute atomic E-state index is 12.3. The van der Waals surface area contributed by atoms with Gasteiger partial charge in [0.15, 0.2) is 5.82 Å². The highest BCUT2D eigenvalue weighted by atomic mass is 16.5. The minimum Gasteiger partial charge on any atom is -0.375 e. The van der Waals surface area contributed by atoms with Gasteiger partial charge in [0.1, 0.15) is 12.4 Å². The monoisotopic (exact) mass is 473 g/mol. The standard InChI is InChI=1S/C28H35N5O2/c1-19(2)14-25(29-27(34)18-35-3)28-31-30-26-10-11-32(12-13-33(26)28)17-20-8-9-24-22(15-20)16-21-6-4-5-7-23(21)24/h4-9,15,19,25H,10-14,16-18H2,1-3H3,(H,29,34)/t25-/m0/s1. The molecule has 2 aromatic carbocycles. The van der Waals surface area contributed by atoms with Gasteiger partial charge in [0.2, 0.25) is 5.91 Å². The van der Waals surface area contributed by atoms with E-state index in [0.717, 1.165) is 57.1 Å². The smallest absolute Gasteiger partial charge is 0.246 e. The number of carbonyl (C=O) groups is 1. The minimum atomic E-state index is -0.163. The topological polar surface area (TPSA) is 72.3 Å². The number of benzene rings is 2. The highest BCUT2D eigenvalue weighted by molar-refractivity contribution is 5.77. The molecular formula is C28H35N5O2. The van der Waals surface area contributed by atoms with Gasteiger partial charge in [-0.3, -0.25) is 9.69 Å². The molecule has 7 heteroatoms. The van der Waals surface area contributed by atoms with Gasteiger partial charge in [-0.1, -0.05) is 56.3 Å². The molecular weight excluding hydrogens is 438 g/mol. The van der Waals surface area contributed by atoms with Gasteiger partial charge >= 0.3 is 0 Å². The Bertz CT molecular complexity index is 1200.